The maximum Gasteiger partial charge on any atom is 0.323 e. The number of carboxylic acids is 1. The summed E-state index contributed by atoms with van der Waals surface area (Å²) in [6, 6.07) is -1.31. The molecule has 4 N–H and O–H groups in total. The van der Waals surface area contributed by atoms with Crippen molar-refractivity contribution >= 4 is 5.97 Å². The van der Waals surface area contributed by atoms with Gasteiger partial charge in [-0.3, -0.25) is 4.79 Å². The van der Waals surface area contributed by atoms with Crippen LogP contribution in [0.25, 0.3) is 0 Å². The molecule has 78 valence electrons. The molecule has 0 fully saturated rings. The van der Waals surface area contributed by atoms with E-state index in [4.69, 9.17) is 20.3 Å². The van der Waals surface area contributed by atoms with Gasteiger partial charge in [0.1, 0.15) is 6.04 Å². The fourth-order valence-corrected chi connectivity index (χ4v) is 0.797. The van der Waals surface area contributed by atoms with Gasteiger partial charge in [0, 0.05) is 20.6 Å². The Bertz CT molecular complexity index is 159. The number of aliphatic carboxylic acids is 1. The van der Waals surface area contributed by atoms with Crippen molar-refractivity contribution in [2.45, 2.75) is 24.9 Å². The van der Waals surface area contributed by atoms with Crippen LogP contribution in [0.2, 0.25) is 0 Å². The van der Waals surface area contributed by atoms with E-state index in [1.54, 1.807) is 0 Å². The highest BCUT2D eigenvalue weighted by Gasteiger charge is 2.24. The molecule has 0 rings (SSSR count). The van der Waals surface area contributed by atoms with E-state index in [2.05, 4.69) is 0 Å². The summed E-state index contributed by atoms with van der Waals surface area (Å²) in [7, 11) is 2.79. The van der Waals surface area contributed by atoms with E-state index < -0.39 is 24.4 Å². The average molecular weight is 193 g/mol. The number of aliphatic hydroxyl groups excluding tert-OH is 1. The number of hydrogen-bond donors (Lipinski definition) is 3. The highest BCUT2D eigenvalue weighted by Crippen LogP contribution is 2.05. The molecule has 0 saturated heterocycles. The maximum atomic E-state index is 10.3. The smallest absolute Gasteiger partial charge is 0.323 e. The first-order chi connectivity index (χ1) is 6.02. The molecule has 0 spiro atoms. The van der Waals surface area contributed by atoms with Crippen LogP contribution in [0.5, 0.6) is 0 Å². The summed E-state index contributed by atoms with van der Waals surface area (Å²) in [6.45, 7) is 0. The average Bonchev–Trinajstić information content (AvgIpc) is 2.12. The fraction of sp³-hybridized carbons (Fsp3) is 0.857. The van der Waals surface area contributed by atoms with E-state index in [1.807, 2.05) is 0 Å². The number of hydrogen-bond acceptors (Lipinski definition) is 5. The van der Waals surface area contributed by atoms with Crippen molar-refractivity contribution in [3.63, 3.8) is 0 Å². The van der Waals surface area contributed by atoms with Gasteiger partial charge in [-0.05, 0) is 0 Å². The number of methoxy groups -OCH3 is 2. The summed E-state index contributed by atoms with van der Waals surface area (Å²) < 4.78 is 9.54. The van der Waals surface area contributed by atoms with Crippen molar-refractivity contribution in [3.8, 4) is 0 Å². The Labute approximate surface area is 76.2 Å². The predicted octanol–water partition coefficient (Wildman–Crippen LogP) is -1.23. The highest BCUT2D eigenvalue weighted by atomic mass is 16.7. The number of aliphatic hydroxyl groups is 1. The zero-order valence-electron chi connectivity index (χ0n) is 7.64. The first-order valence-corrected chi connectivity index (χ1v) is 3.75. The maximum absolute atomic E-state index is 10.3. The summed E-state index contributed by atoms with van der Waals surface area (Å²) >= 11 is 0. The zero-order chi connectivity index (χ0) is 10.4. The summed E-state index contributed by atoms with van der Waals surface area (Å²) in [5.41, 5.74) is 5.16. The van der Waals surface area contributed by atoms with Gasteiger partial charge in [0.25, 0.3) is 0 Å². The molecule has 0 saturated carbocycles. The molecule has 0 radical (unpaired) electrons. The van der Waals surface area contributed by atoms with E-state index in [-0.39, 0.29) is 6.42 Å². The van der Waals surface area contributed by atoms with Gasteiger partial charge in [0.15, 0.2) is 6.29 Å². The standard InChI is InChI=1S/C7H15NO5/c1-12-5(13-2)3-4(9)6(8)7(10)11/h4-6,9H,3,8H2,1-2H3,(H,10,11)/t4-,6-/m0/s1. The lowest BCUT2D eigenvalue weighted by atomic mass is 10.1. The molecule has 0 aromatic rings. The van der Waals surface area contributed by atoms with Crippen LogP contribution in [-0.4, -0.2) is 48.8 Å². The summed E-state index contributed by atoms with van der Waals surface area (Å²) in [5.74, 6) is -1.25. The molecule has 0 aliphatic heterocycles. The van der Waals surface area contributed by atoms with Crippen LogP contribution in [0.4, 0.5) is 0 Å². The second-order valence-electron chi connectivity index (χ2n) is 2.57. The van der Waals surface area contributed by atoms with E-state index in [9.17, 15) is 9.90 Å². The highest BCUT2D eigenvalue weighted by molar-refractivity contribution is 5.73. The van der Waals surface area contributed by atoms with Crippen molar-refractivity contribution < 1.29 is 24.5 Å². The number of rotatable bonds is 6. The molecular weight excluding hydrogens is 178 g/mol. The largest absolute Gasteiger partial charge is 0.480 e. The monoisotopic (exact) mass is 193 g/mol. The number of carbonyl (C=O) groups is 1. The molecule has 2 atom stereocenters. The van der Waals surface area contributed by atoms with Crippen molar-refractivity contribution in [2.24, 2.45) is 5.73 Å². The van der Waals surface area contributed by atoms with E-state index in [0.717, 1.165) is 0 Å². The molecule has 0 aliphatic carbocycles. The Morgan fingerprint density at radius 1 is 1.46 bits per heavy atom. The lowest BCUT2D eigenvalue weighted by Crippen LogP contribution is -2.43. The summed E-state index contributed by atoms with van der Waals surface area (Å²) in [4.78, 5) is 10.3. The third-order valence-electron chi connectivity index (χ3n) is 1.66. The number of nitrogens with two attached hydrogens (primary N) is 1. The Kier molecular flexibility index (Phi) is 5.56. The molecule has 6 nitrogen and oxygen atoms in total. The Morgan fingerprint density at radius 2 is 1.92 bits per heavy atom. The minimum absolute atomic E-state index is 0.0282. The van der Waals surface area contributed by atoms with Crippen LogP contribution in [0.15, 0.2) is 0 Å². The zero-order valence-corrected chi connectivity index (χ0v) is 7.64. The topological polar surface area (TPSA) is 102 Å². The van der Waals surface area contributed by atoms with Crippen molar-refractivity contribution in [2.75, 3.05) is 14.2 Å². The third-order valence-corrected chi connectivity index (χ3v) is 1.66. The quantitative estimate of drug-likeness (QED) is 0.456. The lowest BCUT2D eigenvalue weighted by Gasteiger charge is -2.19. The molecule has 0 amide bonds. The molecule has 0 heterocycles. The molecule has 0 aliphatic rings. The van der Waals surface area contributed by atoms with Gasteiger partial charge in [-0.1, -0.05) is 0 Å². The summed E-state index contributed by atoms with van der Waals surface area (Å²) in [5, 5.41) is 17.7. The van der Waals surface area contributed by atoms with Crippen LogP contribution in [0, 0.1) is 0 Å². The van der Waals surface area contributed by atoms with Gasteiger partial charge in [-0.2, -0.15) is 0 Å². The molecule has 0 bridgehead atoms. The van der Waals surface area contributed by atoms with E-state index in [1.165, 1.54) is 14.2 Å². The summed E-state index contributed by atoms with van der Waals surface area (Å²) in [6.07, 6.45) is -1.79. The third kappa shape index (κ3) is 4.18. The van der Waals surface area contributed by atoms with Gasteiger partial charge < -0.3 is 25.4 Å². The van der Waals surface area contributed by atoms with Crippen LogP contribution < -0.4 is 5.73 Å². The Hall–Kier alpha value is -0.690. The van der Waals surface area contributed by atoms with Crippen molar-refractivity contribution in [1.82, 2.24) is 0 Å². The molecule has 0 aromatic heterocycles. The van der Waals surface area contributed by atoms with Crippen molar-refractivity contribution in [3.05, 3.63) is 0 Å². The van der Waals surface area contributed by atoms with E-state index in [0.29, 0.717) is 0 Å². The second-order valence-corrected chi connectivity index (χ2v) is 2.57. The van der Waals surface area contributed by atoms with E-state index >= 15 is 0 Å². The fourth-order valence-electron chi connectivity index (χ4n) is 0.797. The van der Waals surface area contributed by atoms with Crippen molar-refractivity contribution in [1.29, 1.82) is 0 Å². The SMILES string of the molecule is COC(C[C@H](O)[C@H](N)C(=O)O)OC. The van der Waals surface area contributed by atoms with Crippen LogP contribution in [0.3, 0.4) is 0 Å². The van der Waals surface area contributed by atoms with Gasteiger partial charge in [0.05, 0.1) is 6.10 Å². The minimum Gasteiger partial charge on any atom is -0.480 e. The van der Waals surface area contributed by atoms with Crippen LogP contribution >= 0.6 is 0 Å². The number of ether oxygens (including phenoxy) is 2. The Balaban J connectivity index is 3.97. The number of carboxylic acid groups (broad SMARTS) is 1. The molecule has 0 unspecified atom stereocenters. The van der Waals surface area contributed by atoms with Gasteiger partial charge >= 0.3 is 5.97 Å². The second kappa shape index (κ2) is 5.87. The molecule has 13 heavy (non-hydrogen) atoms. The van der Waals surface area contributed by atoms with Gasteiger partial charge in [0.2, 0.25) is 0 Å². The first kappa shape index (κ1) is 12.3. The molecule has 6 heteroatoms. The van der Waals surface area contributed by atoms with Crippen LogP contribution in [-0.2, 0) is 14.3 Å². The predicted molar refractivity (Wildman–Crippen MR) is 44.0 cm³/mol. The lowest BCUT2D eigenvalue weighted by molar-refractivity contribution is -0.146. The minimum atomic E-state index is -1.31. The van der Waals surface area contributed by atoms with Gasteiger partial charge in [-0.25, -0.2) is 0 Å². The normalized spacial score (nSPS) is 15.8. The first-order valence-electron chi connectivity index (χ1n) is 3.75. The molecular formula is C7H15NO5. The Morgan fingerprint density at radius 3 is 2.23 bits per heavy atom. The van der Waals surface area contributed by atoms with Crippen LogP contribution in [0.1, 0.15) is 6.42 Å². The van der Waals surface area contributed by atoms with Gasteiger partial charge in [-0.15, -0.1) is 0 Å². The molecule has 0 aromatic carbocycles.